The van der Waals surface area contributed by atoms with Crippen molar-refractivity contribution in [2.75, 3.05) is 25.7 Å². The van der Waals surface area contributed by atoms with Gasteiger partial charge in [-0.15, -0.1) is 11.3 Å². The van der Waals surface area contributed by atoms with Crippen molar-refractivity contribution < 1.29 is 14.3 Å². The molecule has 1 fully saturated rings. The lowest BCUT2D eigenvalue weighted by Crippen LogP contribution is -2.24. The number of methoxy groups -OCH3 is 2. The molecule has 1 aliphatic rings. The molecule has 0 bridgehead atoms. The Kier molecular flexibility index (Phi) is 5.89. The van der Waals surface area contributed by atoms with Crippen LogP contribution in [0.15, 0.2) is 42.5 Å². The molecule has 1 unspecified atom stereocenters. The second-order valence-electron chi connectivity index (χ2n) is 9.08. The summed E-state index contributed by atoms with van der Waals surface area (Å²) in [5, 5.41) is 0. The van der Waals surface area contributed by atoms with Gasteiger partial charge in [-0.25, -0.2) is 4.98 Å². The number of carbonyl (C=O) groups is 1. The Morgan fingerprint density at radius 3 is 2.54 bits per heavy atom. The van der Waals surface area contributed by atoms with Crippen molar-refractivity contribution in [3.8, 4) is 21.9 Å². The molecule has 1 N–H and O–H groups in total. The van der Waals surface area contributed by atoms with Crippen LogP contribution in [0.2, 0.25) is 0 Å². The number of aromatic nitrogens is 2. The van der Waals surface area contributed by atoms with Gasteiger partial charge in [-0.05, 0) is 56.0 Å². The van der Waals surface area contributed by atoms with Crippen molar-refractivity contribution in [1.82, 2.24) is 9.97 Å². The number of nitrogens with one attached hydrogen (secondary N) is 1. The van der Waals surface area contributed by atoms with Gasteiger partial charge in [-0.2, -0.15) is 0 Å². The maximum Gasteiger partial charge on any atom is 0.153 e. The summed E-state index contributed by atoms with van der Waals surface area (Å²) in [5.41, 5.74) is 7.83. The van der Waals surface area contributed by atoms with E-state index < -0.39 is 0 Å². The predicted molar refractivity (Wildman–Crippen MR) is 142 cm³/mol. The van der Waals surface area contributed by atoms with E-state index in [0.717, 1.165) is 61.7 Å². The highest BCUT2D eigenvalue weighted by Crippen LogP contribution is 2.47. The molecule has 1 saturated heterocycles. The van der Waals surface area contributed by atoms with E-state index in [4.69, 9.17) is 14.5 Å². The smallest absolute Gasteiger partial charge is 0.153 e. The van der Waals surface area contributed by atoms with Crippen LogP contribution in [0.1, 0.15) is 44.6 Å². The normalized spacial score (nSPS) is 15.7. The predicted octanol–water partition coefficient (Wildman–Crippen LogP) is 6.55. The van der Waals surface area contributed by atoms with Crippen LogP contribution in [0.3, 0.4) is 0 Å². The molecule has 2 aromatic heterocycles. The molecule has 7 heteroatoms. The first kappa shape index (κ1) is 23.2. The van der Waals surface area contributed by atoms with Crippen molar-refractivity contribution in [1.29, 1.82) is 0 Å². The lowest BCUT2D eigenvalue weighted by Gasteiger charge is -2.25. The zero-order valence-electron chi connectivity index (χ0n) is 20.7. The highest BCUT2D eigenvalue weighted by molar-refractivity contribution is 7.16. The summed E-state index contributed by atoms with van der Waals surface area (Å²) in [5.74, 6) is 2.20. The number of aryl methyl sites for hydroxylation is 3. The van der Waals surface area contributed by atoms with Gasteiger partial charge >= 0.3 is 0 Å². The monoisotopic (exact) mass is 487 g/mol. The molecule has 5 rings (SSSR count). The summed E-state index contributed by atoms with van der Waals surface area (Å²) in [4.78, 5) is 25.2. The van der Waals surface area contributed by atoms with Gasteiger partial charge in [0.05, 0.1) is 31.5 Å². The quantitative estimate of drug-likeness (QED) is 0.247. The van der Waals surface area contributed by atoms with Crippen LogP contribution in [-0.4, -0.2) is 37.0 Å². The number of ether oxygens (including phenoxy) is 2. The fourth-order valence-corrected chi connectivity index (χ4v) is 6.08. The fraction of sp³-hybridized carbons (Fsp3) is 0.286. The van der Waals surface area contributed by atoms with Gasteiger partial charge in [-0.1, -0.05) is 30.4 Å². The zero-order valence-corrected chi connectivity index (χ0v) is 21.5. The minimum atomic E-state index is -0.0797. The number of H-pyrrole nitrogens is 1. The fourth-order valence-electron chi connectivity index (χ4n) is 4.95. The zero-order chi connectivity index (χ0) is 24.9. The molecule has 0 radical (unpaired) electrons. The van der Waals surface area contributed by atoms with Crippen LogP contribution >= 0.6 is 11.3 Å². The number of benzene rings is 2. The lowest BCUT2D eigenvalue weighted by atomic mass is 10.0. The van der Waals surface area contributed by atoms with Crippen molar-refractivity contribution >= 4 is 34.3 Å². The van der Waals surface area contributed by atoms with E-state index in [1.807, 2.05) is 12.1 Å². The molecule has 4 aromatic rings. The van der Waals surface area contributed by atoms with E-state index in [2.05, 4.69) is 55.4 Å². The molecule has 0 saturated carbocycles. The first-order chi connectivity index (χ1) is 16.9. The Hall–Kier alpha value is -3.58. The van der Waals surface area contributed by atoms with Gasteiger partial charge in [0, 0.05) is 16.3 Å². The molecular formula is C28H29N3O3S. The highest BCUT2D eigenvalue weighted by Gasteiger charge is 2.35. The molecule has 0 amide bonds. The Morgan fingerprint density at radius 2 is 1.86 bits per heavy atom. The number of aromatic amines is 1. The number of nitrogens with zero attached hydrogens (tertiary/aromatic N) is 2. The number of thiophene rings is 1. The Morgan fingerprint density at radius 1 is 1.11 bits per heavy atom. The van der Waals surface area contributed by atoms with Crippen molar-refractivity contribution in [2.45, 2.75) is 33.2 Å². The van der Waals surface area contributed by atoms with Crippen LogP contribution in [0, 0.1) is 20.8 Å². The number of rotatable bonds is 6. The third-order valence-electron chi connectivity index (χ3n) is 6.86. The molecule has 180 valence electrons. The van der Waals surface area contributed by atoms with Gasteiger partial charge in [0.25, 0.3) is 0 Å². The number of hydrogen-bond acceptors (Lipinski definition) is 6. The maximum atomic E-state index is 12.5. The van der Waals surface area contributed by atoms with Crippen molar-refractivity contribution in [2.24, 2.45) is 0 Å². The van der Waals surface area contributed by atoms with Crippen LogP contribution < -0.4 is 14.4 Å². The van der Waals surface area contributed by atoms with Gasteiger partial charge in [0.2, 0.25) is 0 Å². The lowest BCUT2D eigenvalue weighted by molar-refractivity contribution is 0.112. The second kappa shape index (κ2) is 8.89. The van der Waals surface area contributed by atoms with E-state index in [1.54, 1.807) is 25.6 Å². The minimum absolute atomic E-state index is 0.0797. The first-order valence-corrected chi connectivity index (χ1v) is 12.4. The molecule has 0 aliphatic carbocycles. The number of hydrogen-bond donors (Lipinski definition) is 1. The first-order valence-electron chi connectivity index (χ1n) is 11.6. The highest BCUT2D eigenvalue weighted by atomic mass is 32.1. The standard InChI is InChI=1S/C28H29N3O3S/c1-15-11-21(28-29-24-22(33-5)9-10-23(34-6)25(24)30-28)31(13-15)26-18(4)35-27(20(26)14-32)19-8-7-16(2)17(3)12-19/h7-10,12,14,21H,1,11,13H2,2-6H3,(H,29,30). The maximum absolute atomic E-state index is 12.5. The van der Waals surface area contributed by atoms with E-state index in [-0.39, 0.29) is 6.04 Å². The van der Waals surface area contributed by atoms with Crippen LogP contribution in [0.25, 0.3) is 21.5 Å². The summed E-state index contributed by atoms with van der Waals surface area (Å²) >= 11 is 1.66. The molecule has 0 spiro atoms. The molecule has 35 heavy (non-hydrogen) atoms. The van der Waals surface area contributed by atoms with Gasteiger partial charge in [0.15, 0.2) is 6.29 Å². The molecule has 2 aromatic carbocycles. The van der Waals surface area contributed by atoms with Crippen molar-refractivity contribution in [3.63, 3.8) is 0 Å². The Labute approximate surface area is 209 Å². The Balaban J connectivity index is 1.63. The van der Waals surface area contributed by atoms with Crippen LogP contribution in [0.4, 0.5) is 5.69 Å². The molecule has 1 atom stereocenters. The summed E-state index contributed by atoms with van der Waals surface area (Å²) < 4.78 is 11.1. The number of aldehydes is 1. The molecule has 3 heterocycles. The van der Waals surface area contributed by atoms with E-state index in [0.29, 0.717) is 18.0 Å². The van der Waals surface area contributed by atoms with Crippen LogP contribution in [-0.2, 0) is 0 Å². The van der Waals surface area contributed by atoms with Gasteiger partial charge in [-0.3, -0.25) is 4.79 Å². The number of imidazole rings is 1. The molecule has 1 aliphatic heterocycles. The summed E-state index contributed by atoms with van der Waals surface area (Å²) in [6.45, 7) is 11.2. The largest absolute Gasteiger partial charge is 0.494 e. The second-order valence-corrected chi connectivity index (χ2v) is 10.3. The average Bonchev–Trinajstić information content (AvgIpc) is 3.54. The SMILES string of the molecule is C=C1CC(c2nc3c(OC)ccc(OC)c3[nH]2)N(c2c(C)sc(-c3ccc(C)c(C)c3)c2C=O)C1. The van der Waals surface area contributed by atoms with E-state index in [1.165, 1.54) is 11.1 Å². The van der Waals surface area contributed by atoms with Gasteiger partial charge in [0.1, 0.15) is 28.4 Å². The number of fused-ring (bicyclic) bond motifs is 1. The number of carbonyl (C=O) groups excluding carboxylic acids is 1. The summed E-state index contributed by atoms with van der Waals surface area (Å²) in [7, 11) is 3.28. The molecule has 6 nitrogen and oxygen atoms in total. The summed E-state index contributed by atoms with van der Waals surface area (Å²) in [6.07, 6.45) is 1.74. The van der Waals surface area contributed by atoms with Crippen LogP contribution in [0.5, 0.6) is 11.5 Å². The van der Waals surface area contributed by atoms with Crippen molar-refractivity contribution in [3.05, 3.63) is 69.9 Å². The van der Waals surface area contributed by atoms with E-state index in [9.17, 15) is 4.79 Å². The molecular weight excluding hydrogens is 458 g/mol. The minimum Gasteiger partial charge on any atom is -0.494 e. The third kappa shape index (κ3) is 3.80. The average molecular weight is 488 g/mol. The number of anilines is 1. The van der Waals surface area contributed by atoms with Gasteiger partial charge < -0.3 is 19.4 Å². The van der Waals surface area contributed by atoms with E-state index >= 15 is 0 Å². The Bertz CT molecular complexity index is 1430. The summed E-state index contributed by atoms with van der Waals surface area (Å²) in [6, 6.07) is 10.0. The topological polar surface area (TPSA) is 67.5 Å². The third-order valence-corrected chi connectivity index (χ3v) is 8.02.